The lowest BCUT2D eigenvalue weighted by Gasteiger charge is -2.35. The van der Waals surface area contributed by atoms with Crippen LogP contribution in [0.3, 0.4) is 0 Å². The second-order valence-corrected chi connectivity index (χ2v) is 13.8. The molecule has 0 rings (SSSR count). The van der Waals surface area contributed by atoms with E-state index in [0.717, 1.165) is 69.2 Å². The first-order valence-electron chi connectivity index (χ1n) is 20.0. The van der Waals surface area contributed by atoms with Gasteiger partial charge in [-0.15, -0.1) is 0 Å². The SMILES string of the molecule is CC(=O)OCC(OC(C)=O)C(OC(C)=O)C(OC(C)=O)C(CNCCCNCCNCCNCC(OC(C)=O)C(OC(C)=O)C(OC(C)=O)C(COC(C)=O)OC(C)=O)OC(C)=O. The fourth-order valence-electron chi connectivity index (χ4n) is 5.71. The van der Waals surface area contributed by atoms with Gasteiger partial charge >= 0.3 is 59.7 Å². The lowest BCUT2D eigenvalue weighted by molar-refractivity contribution is -0.202. The Morgan fingerprint density at radius 3 is 0.841 bits per heavy atom. The van der Waals surface area contributed by atoms with Crippen molar-refractivity contribution < 1.29 is 95.3 Å². The molecule has 0 amide bonds. The van der Waals surface area contributed by atoms with Crippen LogP contribution in [0.1, 0.15) is 75.7 Å². The molecule has 0 aliphatic rings. The van der Waals surface area contributed by atoms with Crippen LogP contribution in [0.5, 0.6) is 0 Å². The number of hydrogen-bond donors (Lipinski definition) is 4. The van der Waals surface area contributed by atoms with E-state index in [1.807, 2.05) is 0 Å². The molecule has 0 aliphatic heterocycles. The number of ether oxygens (including phenoxy) is 10. The van der Waals surface area contributed by atoms with Crippen LogP contribution >= 0.6 is 0 Å². The highest BCUT2D eigenvalue weighted by Crippen LogP contribution is 2.22. The Labute approximate surface area is 366 Å². The molecule has 0 aromatic heterocycles. The predicted octanol–water partition coefficient (Wildman–Crippen LogP) is -1.69. The normalized spacial score (nSPS) is 14.6. The van der Waals surface area contributed by atoms with Crippen LogP contribution < -0.4 is 21.3 Å². The van der Waals surface area contributed by atoms with Crippen molar-refractivity contribution in [1.29, 1.82) is 0 Å². The summed E-state index contributed by atoms with van der Waals surface area (Å²) in [5, 5.41) is 12.6. The van der Waals surface area contributed by atoms with Gasteiger partial charge in [0.1, 0.15) is 13.2 Å². The summed E-state index contributed by atoms with van der Waals surface area (Å²) in [4.78, 5) is 120. The number of rotatable bonds is 32. The van der Waals surface area contributed by atoms with Crippen molar-refractivity contribution >= 4 is 59.7 Å². The summed E-state index contributed by atoms with van der Waals surface area (Å²) in [6.07, 6.45) is -10.8. The first-order valence-corrected chi connectivity index (χ1v) is 20.0. The fraction of sp³-hybridized carbons (Fsp3) is 0.744. The van der Waals surface area contributed by atoms with Gasteiger partial charge in [0, 0.05) is 109 Å². The summed E-state index contributed by atoms with van der Waals surface area (Å²) >= 11 is 0. The molecule has 0 bridgehead atoms. The van der Waals surface area contributed by atoms with Crippen LogP contribution in [0.2, 0.25) is 0 Å². The fourth-order valence-corrected chi connectivity index (χ4v) is 5.71. The molecule has 0 aliphatic carbocycles. The summed E-state index contributed by atoms with van der Waals surface area (Å²) in [5.41, 5.74) is 0. The second-order valence-electron chi connectivity index (χ2n) is 13.8. The highest BCUT2D eigenvalue weighted by atomic mass is 16.7. The number of esters is 10. The van der Waals surface area contributed by atoms with E-state index in [9.17, 15) is 47.9 Å². The van der Waals surface area contributed by atoms with Crippen LogP contribution in [0.4, 0.5) is 0 Å². The van der Waals surface area contributed by atoms with Crippen molar-refractivity contribution in [3.63, 3.8) is 0 Å². The van der Waals surface area contributed by atoms with Gasteiger partial charge in [0.25, 0.3) is 0 Å². The minimum atomic E-state index is -1.54. The summed E-state index contributed by atoms with van der Waals surface area (Å²) < 4.78 is 53.0. The quantitative estimate of drug-likeness (QED) is 0.0333. The summed E-state index contributed by atoms with van der Waals surface area (Å²) in [6, 6.07) is 0. The predicted molar refractivity (Wildman–Crippen MR) is 214 cm³/mol. The molecule has 24 nitrogen and oxygen atoms in total. The Bertz CT molecular complexity index is 1400. The lowest BCUT2D eigenvalue weighted by atomic mass is 10.0. The monoisotopic (exact) mass is 908 g/mol. The zero-order valence-electron chi connectivity index (χ0n) is 37.6. The Kier molecular flexibility index (Phi) is 29.5. The van der Waals surface area contributed by atoms with Crippen molar-refractivity contribution in [3.05, 3.63) is 0 Å². The van der Waals surface area contributed by atoms with Gasteiger partial charge in [0.05, 0.1) is 0 Å². The molecule has 63 heavy (non-hydrogen) atoms. The molecule has 0 fully saturated rings. The Morgan fingerprint density at radius 2 is 0.540 bits per heavy atom. The van der Waals surface area contributed by atoms with Crippen LogP contribution in [0.25, 0.3) is 0 Å². The minimum absolute atomic E-state index is 0.0877. The summed E-state index contributed by atoms with van der Waals surface area (Å²) in [5.74, 6) is -7.95. The van der Waals surface area contributed by atoms with E-state index in [-0.39, 0.29) is 13.1 Å². The third-order valence-corrected chi connectivity index (χ3v) is 7.85. The molecule has 0 aromatic carbocycles. The van der Waals surface area contributed by atoms with Gasteiger partial charge in [-0.1, -0.05) is 0 Å². The number of nitrogens with one attached hydrogen (secondary N) is 4. The van der Waals surface area contributed by atoms with Gasteiger partial charge in [-0.2, -0.15) is 0 Å². The number of carbonyl (C=O) groups excluding carboxylic acids is 10. The third kappa shape index (κ3) is 28.7. The molecule has 0 aromatic rings. The molecular weight excluding hydrogens is 844 g/mol. The molecule has 360 valence electrons. The third-order valence-electron chi connectivity index (χ3n) is 7.85. The largest absolute Gasteiger partial charge is 0.462 e. The topological polar surface area (TPSA) is 311 Å². The van der Waals surface area contributed by atoms with Crippen molar-refractivity contribution in [2.75, 3.05) is 65.6 Å². The second kappa shape index (κ2) is 32.2. The van der Waals surface area contributed by atoms with Gasteiger partial charge < -0.3 is 68.6 Å². The molecule has 0 heterocycles. The van der Waals surface area contributed by atoms with E-state index in [2.05, 4.69) is 21.3 Å². The maximum atomic E-state index is 12.2. The van der Waals surface area contributed by atoms with Crippen LogP contribution in [-0.2, 0) is 95.3 Å². The van der Waals surface area contributed by atoms with E-state index < -0.39 is 122 Å². The lowest BCUT2D eigenvalue weighted by Crippen LogP contribution is -2.55. The van der Waals surface area contributed by atoms with Crippen LogP contribution in [0.15, 0.2) is 0 Å². The van der Waals surface area contributed by atoms with Crippen molar-refractivity contribution in [3.8, 4) is 0 Å². The molecular formula is C39H64N4O20. The van der Waals surface area contributed by atoms with E-state index in [1.54, 1.807) is 0 Å². The van der Waals surface area contributed by atoms with Gasteiger partial charge in [-0.3, -0.25) is 47.9 Å². The van der Waals surface area contributed by atoms with E-state index >= 15 is 0 Å². The molecule has 4 N–H and O–H groups in total. The van der Waals surface area contributed by atoms with Gasteiger partial charge in [-0.05, 0) is 19.5 Å². The Hall–Kier alpha value is -5.46. The molecule has 8 atom stereocenters. The van der Waals surface area contributed by atoms with Crippen molar-refractivity contribution in [1.82, 2.24) is 21.3 Å². The van der Waals surface area contributed by atoms with E-state index in [1.165, 1.54) is 0 Å². The Morgan fingerprint density at radius 1 is 0.302 bits per heavy atom. The highest BCUT2D eigenvalue weighted by Gasteiger charge is 2.45. The standard InChI is InChI=1S/C39H64N4O20/c1-22(44)54-20-34(58-26(5)48)38(62-30(9)52)36(60-28(7)50)32(56-24(3)46)18-42-13-11-12-40-14-15-41-16-17-43-19-33(57-25(4)47)37(61-29(8)51)39(63-31(10)53)35(59-27(6)49)21-55-23(2)45/h32-43H,11-21H2,1-10H3. The molecule has 24 heteroatoms. The van der Waals surface area contributed by atoms with Crippen molar-refractivity contribution in [2.45, 2.75) is 124 Å². The van der Waals surface area contributed by atoms with Gasteiger partial charge in [0.15, 0.2) is 48.8 Å². The molecule has 0 radical (unpaired) electrons. The zero-order chi connectivity index (χ0) is 48.1. The van der Waals surface area contributed by atoms with Crippen molar-refractivity contribution in [2.24, 2.45) is 0 Å². The van der Waals surface area contributed by atoms with Gasteiger partial charge in [-0.25, -0.2) is 0 Å². The molecule has 8 unspecified atom stereocenters. The van der Waals surface area contributed by atoms with Gasteiger partial charge in [0.2, 0.25) is 0 Å². The zero-order valence-corrected chi connectivity index (χ0v) is 37.6. The van der Waals surface area contributed by atoms with Crippen LogP contribution in [0, 0.1) is 0 Å². The summed E-state index contributed by atoms with van der Waals surface area (Å²) in [6.45, 7) is 12.3. The first kappa shape index (κ1) is 57.5. The maximum Gasteiger partial charge on any atom is 0.303 e. The molecule has 0 saturated heterocycles. The molecule has 0 spiro atoms. The average molecular weight is 909 g/mol. The smallest absolute Gasteiger partial charge is 0.303 e. The van der Waals surface area contributed by atoms with Crippen LogP contribution in [-0.4, -0.2) is 174 Å². The average Bonchev–Trinajstić information content (AvgIpc) is 3.14. The molecule has 0 saturated carbocycles. The number of carbonyl (C=O) groups is 10. The van der Waals surface area contributed by atoms with E-state index in [0.29, 0.717) is 45.7 Å². The minimum Gasteiger partial charge on any atom is -0.462 e. The first-order chi connectivity index (χ1) is 29.5. The Balaban J connectivity index is 5.36. The highest BCUT2D eigenvalue weighted by molar-refractivity contribution is 5.71. The number of hydrogen-bond acceptors (Lipinski definition) is 24. The maximum absolute atomic E-state index is 12.2. The summed E-state index contributed by atoms with van der Waals surface area (Å²) in [7, 11) is 0. The van der Waals surface area contributed by atoms with E-state index in [4.69, 9.17) is 47.4 Å².